The van der Waals surface area contributed by atoms with Crippen LogP contribution in [0.2, 0.25) is 5.02 Å². The highest BCUT2D eigenvalue weighted by Gasteiger charge is 2.23. The summed E-state index contributed by atoms with van der Waals surface area (Å²) in [6, 6.07) is 8.00. The fourth-order valence-corrected chi connectivity index (χ4v) is 2.18. The zero-order chi connectivity index (χ0) is 13.2. The molecule has 1 saturated heterocycles. The summed E-state index contributed by atoms with van der Waals surface area (Å²) in [7, 11) is 2.06. The van der Waals surface area contributed by atoms with Gasteiger partial charge in [-0.2, -0.15) is 4.98 Å². The number of nitrogens with one attached hydrogen (secondary N) is 1. The maximum atomic E-state index is 5.95. The van der Waals surface area contributed by atoms with E-state index in [4.69, 9.17) is 16.1 Å². The number of hydrogen-bond donors (Lipinski definition) is 1. The molecule has 0 unspecified atom stereocenters. The Morgan fingerprint density at radius 1 is 1.47 bits per heavy atom. The molecule has 1 aromatic heterocycles. The molecule has 6 heteroatoms. The van der Waals surface area contributed by atoms with E-state index in [2.05, 4.69) is 27.4 Å². The first-order valence-electron chi connectivity index (χ1n) is 6.22. The van der Waals surface area contributed by atoms with Crippen LogP contribution in [-0.4, -0.2) is 41.2 Å². The van der Waals surface area contributed by atoms with Crippen molar-refractivity contribution in [1.82, 2.24) is 20.4 Å². The molecule has 1 fully saturated rings. The number of rotatable bonds is 4. The van der Waals surface area contributed by atoms with Crippen molar-refractivity contribution in [2.45, 2.75) is 12.6 Å². The second-order valence-electron chi connectivity index (χ2n) is 4.75. The topological polar surface area (TPSA) is 54.2 Å². The summed E-state index contributed by atoms with van der Waals surface area (Å²) < 4.78 is 5.28. The van der Waals surface area contributed by atoms with Gasteiger partial charge in [-0.1, -0.05) is 28.9 Å². The highest BCUT2D eigenvalue weighted by molar-refractivity contribution is 6.30. The second-order valence-corrected chi connectivity index (χ2v) is 5.19. The van der Waals surface area contributed by atoms with Crippen molar-refractivity contribution >= 4 is 11.6 Å². The van der Waals surface area contributed by atoms with Gasteiger partial charge in [-0.15, -0.1) is 0 Å². The van der Waals surface area contributed by atoms with Gasteiger partial charge in [-0.25, -0.2) is 0 Å². The standard InChI is InChI=1S/C13H15ClN4O/c1-18(11-6-15-7-11)8-12-16-13(17-19-12)9-3-2-4-10(14)5-9/h2-5,11,15H,6-8H2,1H3. The Hall–Kier alpha value is -1.43. The second kappa shape index (κ2) is 5.28. The Kier molecular flexibility index (Phi) is 3.50. The summed E-state index contributed by atoms with van der Waals surface area (Å²) >= 11 is 5.95. The van der Waals surface area contributed by atoms with E-state index in [-0.39, 0.29) is 0 Å². The fourth-order valence-electron chi connectivity index (χ4n) is 1.99. The third kappa shape index (κ3) is 2.78. The lowest BCUT2D eigenvalue weighted by Gasteiger charge is -2.34. The van der Waals surface area contributed by atoms with Crippen molar-refractivity contribution in [2.75, 3.05) is 20.1 Å². The van der Waals surface area contributed by atoms with Crippen molar-refractivity contribution < 1.29 is 4.52 Å². The molecule has 100 valence electrons. The van der Waals surface area contributed by atoms with Gasteiger partial charge in [0.2, 0.25) is 11.7 Å². The van der Waals surface area contributed by atoms with Crippen LogP contribution in [0.1, 0.15) is 5.89 Å². The lowest BCUT2D eigenvalue weighted by Crippen LogP contribution is -2.55. The maximum Gasteiger partial charge on any atom is 0.241 e. The monoisotopic (exact) mass is 278 g/mol. The van der Waals surface area contributed by atoms with E-state index in [0.717, 1.165) is 18.7 Å². The zero-order valence-corrected chi connectivity index (χ0v) is 11.4. The van der Waals surface area contributed by atoms with E-state index in [1.54, 1.807) is 0 Å². The van der Waals surface area contributed by atoms with Crippen LogP contribution in [0.5, 0.6) is 0 Å². The van der Waals surface area contributed by atoms with Gasteiger partial charge in [-0.05, 0) is 19.2 Å². The maximum absolute atomic E-state index is 5.95. The Labute approximate surface area is 116 Å². The number of hydrogen-bond acceptors (Lipinski definition) is 5. The molecule has 19 heavy (non-hydrogen) atoms. The van der Waals surface area contributed by atoms with E-state index in [9.17, 15) is 0 Å². The zero-order valence-electron chi connectivity index (χ0n) is 10.6. The molecule has 0 saturated carbocycles. The summed E-state index contributed by atoms with van der Waals surface area (Å²) in [6.45, 7) is 2.71. The van der Waals surface area contributed by atoms with Crippen LogP contribution in [0.4, 0.5) is 0 Å². The molecular formula is C13H15ClN4O. The van der Waals surface area contributed by atoms with Crippen LogP contribution >= 0.6 is 11.6 Å². The molecule has 0 amide bonds. The smallest absolute Gasteiger partial charge is 0.241 e. The van der Waals surface area contributed by atoms with Gasteiger partial charge in [0.05, 0.1) is 6.54 Å². The lowest BCUT2D eigenvalue weighted by molar-refractivity contribution is 0.155. The van der Waals surface area contributed by atoms with Crippen molar-refractivity contribution in [1.29, 1.82) is 0 Å². The molecule has 1 N–H and O–H groups in total. The van der Waals surface area contributed by atoms with Gasteiger partial charge in [0.15, 0.2) is 0 Å². The Morgan fingerprint density at radius 3 is 3.00 bits per heavy atom. The Balaban J connectivity index is 1.72. The minimum Gasteiger partial charge on any atom is -0.338 e. The van der Waals surface area contributed by atoms with Gasteiger partial charge in [0.1, 0.15) is 0 Å². The van der Waals surface area contributed by atoms with Crippen molar-refractivity contribution in [2.24, 2.45) is 0 Å². The molecule has 1 aromatic carbocycles. The normalized spacial score (nSPS) is 15.7. The minimum absolute atomic E-state index is 0.557. The van der Waals surface area contributed by atoms with Crippen LogP contribution in [0.15, 0.2) is 28.8 Å². The van der Waals surface area contributed by atoms with E-state index in [1.165, 1.54) is 0 Å². The average molecular weight is 279 g/mol. The van der Waals surface area contributed by atoms with Crippen LogP contribution in [0, 0.1) is 0 Å². The molecule has 5 nitrogen and oxygen atoms in total. The van der Waals surface area contributed by atoms with Crippen LogP contribution in [0.3, 0.4) is 0 Å². The largest absolute Gasteiger partial charge is 0.338 e. The van der Waals surface area contributed by atoms with E-state index >= 15 is 0 Å². The third-order valence-corrected chi connectivity index (χ3v) is 3.55. The van der Waals surface area contributed by atoms with Gasteiger partial charge in [0, 0.05) is 29.7 Å². The van der Waals surface area contributed by atoms with Crippen LogP contribution < -0.4 is 5.32 Å². The molecule has 0 radical (unpaired) electrons. The molecule has 0 aliphatic carbocycles. The minimum atomic E-state index is 0.557. The molecule has 0 atom stereocenters. The van der Waals surface area contributed by atoms with Gasteiger partial charge >= 0.3 is 0 Å². The first kappa shape index (κ1) is 12.6. The SMILES string of the molecule is CN(Cc1nc(-c2cccc(Cl)c2)no1)C1CNC1. The molecule has 3 rings (SSSR count). The Bertz CT molecular complexity index is 567. The van der Waals surface area contributed by atoms with Crippen molar-refractivity contribution in [3.05, 3.63) is 35.2 Å². The van der Waals surface area contributed by atoms with E-state index < -0.39 is 0 Å². The summed E-state index contributed by atoms with van der Waals surface area (Å²) in [5.41, 5.74) is 0.871. The first-order chi connectivity index (χ1) is 9.22. The average Bonchev–Trinajstić information content (AvgIpc) is 2.75. The summed E-state index contributed by atoms with van der Waals surface area (Å²) in [6.07, 6.45) is 0. The predicted octanol–water partition coefficient (Wildman–Crippen LogP) is 1.79. The van der Waals surface area contributed by atoms with Gasteiger partial charge < -0.3 is 9.84 Å². The summed E-state index contributed by atoms with van der Waals surface area (Å²) in [5, 5.41) is 7.91. The molecule has 2 aromatic rings. The lowest BCUT2D eigenvalue weighted by atomic mass is 10.1. The highest BCUT2D eigenvalue weighted by Crippen LogP contribution is 2.20. The molecule has 2 heterocycles. The van der Waals surface area contributed by atoms with E-state index in [0.29, 0.717) is 29.3 Å². The van der Waals surface area contributed by atoms with E-state index in [1.807, 2.05) is 24.3 Å². The number of benzene rings is 1. The molecule has 0 bridgehead atoms. The van der Waals surface area contributed by atoms with Crippen molar-refractivity contribution in [3.8, 4) is 11.4 Å². The molecule has 0 spiro atoms. The molecular weight excluding hydrogens is 264 g/mol. The van der Waals surface area contributed by atoms with Crippen LogP contribution in [0.25, 0.3) is 11.4 Å². The fraction of sp³-hybridized carbons (Fsp3) is 0.385. The molecule has 1 aliphatic heterocycles. The first-order valence-corrected chi connectivity index (χ1v) is 6.59. The van der Waals surface area contributed by atoms with Gasteiger partial charge in [0.25, 0.3) is 0 Å². The number of nitrogens with zero attached hydrogens (tertiary/aromatic N) is 3. The summed E-state index contributed by atoms with van der Waals surface area (Å²) in [4.78, 5) is 6.62. The number of aromatic nitrogens is 2. The third-order valence-electron chi connectivity index (χ3n) is 3.32. The summed E-state index contributed by atoms with van der Waals surface area (Å²) in [5.74, 6) is 1.21. The highest BCUT2D eigenvalue weighted by atomic mass is 35.5. The Morgan fingerprint density at radius 2 is 2.32 bits per heavy atom. The quantitative estimate of drug-likeness (QED) is 0.924. The van der Waals surface area contributed by atoms with Crippen LogP contribution in [-0.2, 0) is 6.54 Å². The van der Waals surface area contributed by atoms with Crippen molar-refractivity contribution in [3.63, 3.8) is 0 Å². The molecule has 1 aliphatic rings. The number of halogens is 1. The number of likely N-dealkylation sites (N-methyl/N-ethyl adjacent to an activating group) is 1. The predicted molar refractivity (Wildman–Crippen MR) is 72.9 cm³/mol. The van der Waals surface area contributed by atoms with Gasteiger partial charge in [-0.3, -0.25) is 4.90 Å².